The molecule has 11 heteroatoms. The molecule has 176 valence electrons. The highest BCUT2D eigenvalue weighted by atomic mass is 16.6. The number of nitrogens with zero attached hydrogens (tertiary/aromatic N) is 2. The average molecular weight is 465 g/mol. The Bertz CT molecular complexity index is 1220. The van der Waals surface area contributed by atoms with Crippen molar-refractivity contribution in [3.63, 3.8) is 0 Å². The highest BCUT2D eigenvalue weighted by Crippen LogP contribution is 2.30. The van der Waals surface area contributed by atoms with E-state index in [1.54, 1.807) is 44.2 Å². The number of fused-ring (bicyclic) bond motifs is 1. The van der Waals surface area contributed by atoms with Gasteiger partial charge in [-0.15, -0.1) is 0 Å². The van der Waals surface area contributed by atoms with Crippen molar-refractivity contribution in [2.45, 2.75) is 44.8 Å². The number of imide groups is 1. The van der Waals surface area contributed by atoms with Gasteiger partial charge >= 0.3 is 6.03 Å². The number of anilines is 1. The van der Waals surface area contributed by atoms with Crippen molar-refractivity contribution in [3.05, 3.63) is 69.3 Å². The minimum atomic E-state index is -0.897. The van der Waals surface area contributed by atoms with Crippen LogP contribution in [0.1, 0.15) is 48.2 Å². The second kappa shape index (κ2) is 8.58. The summed E-state index contributed by atoms with van der Waals surface area (Å²) in [4.78, 5) is 61.0. The van der Waals surface area contributed by atoms with Crippen LogP contribution in [-0.4, -0.2) is 39.6 Å². The fourth-order valence-electron chi connectivity index (χ4n) is 4.18. The molecule has 0 saturated carbocycles. The largest absolute Gasteiger partial charge is 0.329 e. The summed E-state index contributed by atoms with van der Waals surface area (Å²) in [5, 5.41) is 18.8. The van der Waals surface area contributed by atoms with Crippen molar-refractivity contribution >= 4 is 35.1 Å². The second-order valence-corrected chi connectivity index (χ2v) is 8.78. The number of nitrogens with one attached hydrogen (secondary N) is 3. The summed E-state index contributed by atoms with van der Waals surface area (Å²) in [5.74, 6) is -1.14. The van der Waals surface area contributed by atoms with E-state index in [1.165, 1.54) is 17.0 Å². The Balaban J connectivity index is 1.44. The van der Waals surface area contributed by atoms with Crippen LogP contribution in [0.5, 0.6) is 0 Å². The van der Waals surface area contributed by atoms with Crippen LogP contribution >= 0.6 is 0 Å². The molecule has 0 bridgehead atoms. The number of urea groups is 1. The van der Waals surface area contributed by atoms with Gasteiger partial charge in [0.05, 0.1) is 10.5 Å². The molecule has 2 aliphatic rings. The van der Waals surface area contributed by atoms with Gasteiger partial charge in [0.15, 0.2) is 0 Å². The summed E-state index contributed by atoms with van der Waals surface area (Å²) in [6, 6.07) is 9.64. The molecule has 1 saturated heterocycles. The number of nitro benzene ring substituents is 1. The van der Waals surface area contributed by atoms with Gasteiger partial charge in [0.25, 0.3) is 11.6 Å². The maximum atomic E-state index is 12.8. The first-order valence-corrected chi connectivity index (χ1v) is 10.7. The topological polar surface area (TPSA) is 151 Å². The van der Waals surface area contributed by atoms with E-state index in [9.17, 15) is 29.3 Å². The normalized spacial score (nSPS) is 17.8. The lowest BCUT2D eigenvalue weighted by Gasteiger charge is -2.29. The molecule has 1 fully saturated rings. The Labute approximate surface area is 194 Å². The number of hydrogen-bond acceptors (Lipinski definition) is 6. The van der Waals surface area contributed by atoms with Gasteiger partial charge in [-0.05, 0) is 49.6 Å². The number of rotatable bonds is 5. The van der Waals surface area contributed by atoms with Gasteiger partial charge in [0.1, 0.15) is 6.04 Å². The van der Waals surface area contributed by atoms with Gasteiger partial charge in [-0.2, -0.15) is 0 Å². The lowest BCUT2D eigenvalue weighted by Crippen LogP contribution is -2.52. The molecule has 0 spiro atoms. The first kappa shape index (κ1) is 22.9. The Hall–Kier alpha value is -4.28. The molecule has 2 aromatic carbocycles. The quantitative estimate of drug-likeness (QED) is 0.350. The van der Waals surface area contributed by atoms with Crippen LogP contribution in [0.25, 0.3) is 0 Å². The summed E-state index contributed by atoms with van der Waals surface area (Å²) >= 11 is 0. The second-order valence-electron chi connectivity index (χ2n) is 8.78. The zero-order valence-corrected chi connectivity index (χ0v) is 18.6. The Morgan fingerprint density at radius 2 is 1.94 bits per heavy atom. The van der Waals surface area contributed by atoms with Gasteiger partial charge in [-0.25, -0.2) is 4.79 Å². The molecule has 2 aromatic rings. The molecule has 34 heavy (non-hydrogen) atoms. The van der Waals surface area contributed by atoms with Crippen LogP contribution in [0.15, 0.2) is 42.5 Å². The Morgan fingerprint density at radius 1 is 1.18 bits per heavy atom. The summed E-state index contributed by atoms with van der Waals surface area (Å²) in [6.07, 6.45) is 0.439. The van der Waals surface area contributed by atoms with E-state index in [2.05, 4.69) is 16.0 Å². The first-order chi connectivity index (χ1) is 16.0. The predicted molar refractivity (Wildman–Crippen MR) is 121 cm³/mol. The minimum Gasteiger partial charge on any atom is -0.329 e. The molecule has 5 amide bonds. The van der Waals surface area contributed by atoms with Crippen molar-refractivity contribution in [1.29, 1.82) is 0 Å². The smallest absolute Gasteiger partial charge is 0.319 e. The van der Waals surface area contributed by atoms with Crippen molar-refractivity contribution in [2.24, 2.45) is 0 Å². The molecule has 0 aromatic heterocycles. The molecule has 1 unspecified atom stereocenters. The summed E-state index contributed by atoms with van der Waals surface area (Å²) in [6.45, 7) is 3.65. The van der Waals surface area contributed by atoms with Crippen molar-refractivity contribution in [1.82, 2.24) is 15.5 Å². The van der Waals surface area contributed by atoms with Gasteiger partial charge in [-0.1, -0.05) is 12.1 Å². The Kier molecular flexibility index (Phi) is 5.78. The maximum Gasteiger partial charge on any atom is 0.319 e. The molecule has 0 aliphatic carbocycles. The molecule has 2 heterocycles. The van der Waals surface area contributed by atoms with Crippen LogP contribution in [0.4, 0.5) is 16.2 Å². The van der Waals surface area contributed by atoms with Crippen LogP contribution in [0, 0.1) is 10.1 Å². The molecule has 0 radical (unpaired) electrons. The van der Waals surface area contributed by atoms with E-state index < -0.39 is 28.4 Å². The van der Waals surface area contributed by atoms with Crippen LogP contribution in [0.2, 0.25) is 0 Å². The van der Waals surface area contributed by atoms with E-state index in [0.717, 1.165) is 0 Å². The number of benzene rings is 2. The minimum absolute atomic E-state index is 0.0726. The standard InChI is InChI=1S/C23H23N5O6/c1-23(2,14-4-3-5-16(11-14)28(33)34)26-22(32)24-15-6-7-17-13(10-15)12-27(21(17)31)18-8-9-19(29)25-20(18)30/h3-7,10-11,18H,8-9,12H2,1-2H3,(H2,24,26,32)(H,25,29,30). The summed E-state index contributed by atoms with van der Waals surface area (Å²) in [5.41, 5.74) is 1.14. The van der Waals surface area contributed by atoms with Crippen LogP contribution in [-0.2, 0) is 21.7 Å². The Morgan fingerprint density at radius 3 is 2.65 bits per heavy atom. The van der Waals surface area contributed by atoms with E-state index in [0.29, 0.717) is 22.4 Å². The zero-order valence-electron chi connectivity index (χ0n) is 18.6. The van der Waals surface area contributed by atoms with Gasteiger partial charge in [0.2, 0.25) is 11.8 Å². The van der Waals surface area contributed by atoms with Crippen LogP contribution in [0.3, 0.4) is 0 Å². The molecular weight excluding hydrogens is 442 g/mol. The fourth-order valence-corrected chi connectivity index (χ4v) is 4.18. The third kappa shape index (κ3) is 4.45. The van der Waals surface area contributed by atoms with Crippen molar-refractivity contribution in [2.75, 3.05) is 5.32 Å². The summed E-state index contributed by atoms with van der Waals surface area (Å²) < 4.78 is 0. The van der Waals surface area contributed by atoms with E-state index in [1.807, 2.05) is 0 Å². The highest BCUT2D eigenvalue weighted by Gasteiger charge is 2.39. The molecule has 2 aliphatic heterocycles. The number of amides is 5. The van der Waals surface area contributed by atoms with Crippen molar-refractivity contribution in [3.8, 4) is 0 Å². The van der Waals surface area contributed by atoms with E-state index in [4.69, 9.17) is 0 Å². The van der Waals surface area contributed by atoms with Gasteiger partial charge in [-0.3, -0.25) is 29.8 Å². The number of carbonyl (C=O) groups is 4. The number of piperidine rings is 1. The number of hydrogen-bond donors (Lipinski definition) is 3. The lowest BCUT2D eigenvalue weighted by atomic mass is 9.94. The number of carbonyl (C=O) groups excluding carboxylic acids is 4. The van der Waals surface area contributed by atoms with Crippen molar-refractivity contribution < 1.29 is 24.1 Å². The molecular formula is C23H23N5O6. The molecule has 1 atom stereocenters. The highest BCUT2D eigenvalue weighted by molar-refractivity contribution is 6.05. The third-order valence-electron chi connectivity index (χ3n) is 5.99. The predicted octanol–water partition coefficient (Wildman–Crippen LogP) is 2.41. The first-order valence-electron chi connectivity index (χ1n) is 10.7. The van der Waals surface area contributed by atoms with E-state index >= 15 is 0 Å². The van der Waals surface area contributed by atoms with Gasteiger partial charge in [0, 0.05) is 36.3 Å². The number of nitro groups is 1. The fraction of sp³-hybridized carbons (Fsp3) is 0.304. The molecule has 11 nitrogen and oxygen atoms in total. The SMILES string of the molecule is CC(C)(NC(=O)Nc1ccc2c(c1)CN(C1CCC(=O)NC1=O)C2=O)c1cccc([N+](=O)[O-])c1. The monoisotopic (exact) mass is 465 g/mol. The summed E-state index contributed by atoms with van der Waals surface area (Å²) in [7, 11) is 0. The number of non-ortho nitro benzene ring substituents is 1. The molecule has 4 rings (SSSR count). The maximum absolute atomic E-state index is 12.8. The van der Waals surface area contributed by atoms with Gasteiger partial charge < -0.3 is 15.5 Å². The lowest BCUT2D eigenvalue weighted by molar-refractivity contribution is -0.385. The molecule has 3 N–H and O–H groups in total. The zero-order chi connectivity index (χ0) is 24.6. The van der Waals surface area contributed by atoms with Crippen LogP contribution < -0.4 is 16.0 Å². The third-order valence-corrected chi connectivity index (χ3v) is 5.99. The average Bonchev–Trinajstić information content (AvgIpc) is 3.09. The van der Waals surface area contributed by atoms with E-state index in [-0.39, 0.29) is 36.9 Å².